The van der Waals surface area contributed by atoms with Gasteiger partial charge in [-0.3, -0.25) is 9.59 Å². The van der Waals surface area contributed by atoms with Crippen molar-refractivity contribution in [3.63, 3.8) is 0 Å². The van der Waals surface area contributed by atoms with Crippen molar-refractivity contribution in [2.75, 3.05) is 20.1 Å². The van der Waals surface area contributed by atoms with Crippen molar-refractivity contribution in [1.82, 2.24) is 10.2 Å². The Balaban J connectivity index is 1.89. The lowest BCUT2D eigenvalue weighted by Gasteiger charge is -2.35. The SMILES string of the molecule is CN1CCC(NC(=O)CC2(CC(=O)O)CCCCC2)C1. The van der Waals surface area contributed by atoms with Gasteiger partial charge in [0.2, 0.25) is 5.91 Å². The van der Waals surface area contributed by atoms with Crippen LogP contribution < -0.4 is 5.32 Å². The zero-order chi connectivity index (χ0) is 14.6. The molecule has 1 saturated heterocycles. The van der Waals surface area contributed by atoms with E-state index >= 15 is 0 Å². The summed E-state index contributed by atoms with van der Waals surface area (Å²) in [4.78, 5) is 25.5. The Morgan fingerprint density at radius 1 is 1.25 bits per heavy atom. The van der Waals surface area contributed by atoms with Crippen LogP contribution in [0, 0.1) is 5.41 Å². The van der Waals surface area contributed by atoms with Crippen molar-refractivity contribution < 1.29 is 14.7 Å². The number of carboxylic acid groups (broad SMARTS) is 1. The Hall–Kier alpha value is -1.10. The second-order valence-electron chi connectivity index (χ2n) is 6.62. The molecule has 2 aliphatic rings. The van der Waals surface area contributed by atoms with Crippen LogP contribution in [0.3, 0.4) is 0 Å². The van der Waals surface area contributed by atoms with Gasteiger partial charge in [-0.25, -0.2) is 0 Å². The predicted molar refractivity (Wildman–Crippen MR) is 76.4 cm³/mol. The molecule has 2 N–H and O–H groups in total. The summed E-state index contributed by atoms with van der Waals surface area (Å²) < 4.78 is 0. The minimum absolute atomic E-state index is 0.0356. The topological polar surface area (TPSA) is 69.6 Å². The molecular weight excluding hydrogens is 256 g/mol. The summed E-state index contributed by atoms with van der Waals surface area (Å²) in [5.41, 5.74) is -0.307. The highest BCUT2D eigenvalue weighted by molar-refractivity contribution is 5.78. The standard InChI is InChI=1S/C15H26N2O3/c1-17-8-5-12(11-17)16-13(18)9-15(10-14(19)20)6-3-2-4-7-15/h12H,2-11H2,1H3,(H,16,18)(H,19,20). The van der Waals surface area contributed by atoms with Crippen LogP contribution >= 0.6 is 0 Å². The van der Waals surface area contributed by atoms with Gasteiger partial charge < -0.3 is 15.3 Å². The molecule has 1 aliphatic heterocycles. The van der Waals surface area contributed by atoms with E-state index in [4.69, 9.17) is 5.11 Å². The van der Waals surface area contributed by atoms with Crippen LogP contribution in [-0.2, 0) is 9.59 Å². The van der Waals surface area contributed by atoms with Crippen molar-refractivity contribution in [3.05, 3.63) is 0 Å². The zero-order valence-corrected chi connectivity index (χ0v) is 12.4. The number of hydrogen-bond donors (Lipinski definition) is 2. The van der Waals surface area contributed by atoms with Crippen molar-refractivity contribution in [1.29, 1.82) is 0 Å². The highest BCUT2D eigenvalue weighted by atomic mass is 16.4. The largest absolute Gasteiger partial charge is 0.481 e. The first kappa shape index (κ1) is 15.3. The average molecular weight is 282 g/mol. The molecule has 2 fully saturated rings. The summed E-state index contributed by atoms with van der Waals surface area (Å²) in [6.45, 7) is 1.92. The van der Waals surface area contributed by atoms with Gasteiger partial charge in [0.15, 0.2) is 0 Å². The van der Waals surface area contributed by atoms with E-state index in [0.29, 0.717) is 6.42 Å². The van der Waals surface area contributed by atoms with E-state index in [1.165, 1.54) is 0 Å². The van der Waals surface area contributed by atoms with Crippen LogP contribution in [0.2, 0.25) is 0 Å². The minimum Gasteiger partial charge on any atom is -0.481 e. The van der Waals surface area contributed by atoms with Crippen LogP contribution in [0.4, 0.5) is 0 Å². The van der Waals surface area contributed by atoms with E-state index in [1.54, 1.807) is 0 Å². The zero-order valence-electron chi connectivity index (χ0n) is 12.4. The van der Waals surface area contributed by atoms with Gasteiger partial charge >= 0.3 is 5.97 Å². The average Bonchev–Trinajstić information content (AvgIpc) is 2.74. The van der Waals surface area contributed by atoms with Gasteiger partial charge in [0, 0.05) is 19.0 Å². The van der Waals surface area contributed by atoms with Gasteiger partial charge in [-0.05, 0) is 38.3 Å². The van der Waals surface area contributed by atoms with Crippen molar-refractivity contribution >= 4 is 11.9 Å². The Bertz CT molecular complexity index is 364. The third kappa shape index (κ3) is 4.20. The number of amides is 1. The molecule has 5 heteroatoms. The van der Waals surface area contributed by atoms with Gasteiger partial charge in [0.25, 0.3) is 0 Å². The molecule has 2 rings (SSSR count). The summed E-state index contributed by atoms with van der Waals surface area (Å²) in [6, 6.07) is 0.234. The maximum Gasteiger partial charge on any atom is 0.303 e. The van der Waals surface area contributed by atoms with Gasteiger partial charge in [0.05, 0.1) is 6.42 Å². The lowest BCUT2D eigenvalue weighted by atomic mass is 9.69. The number of likely N-dealkylation sites (tertiary alicyclic amines) is 1. The monoisotopic (exact) mass is 282 g/mol. The van der Waals surface area contributed by atoms with Gasteiger partial charge in [0.1, 0.15) is 0 Å². The summed E-state index contributed by atoms with van der Waals surface area (Å²) in [6.07, 6.45) is 6.50. The van der Waals surface area contributed by atoms with E-state index in [0.717, 1.165) is 51.6 Å². The lowest BCUT2D eigenvalue weighted by molar-refractivity contribution is -0.141. The smallest absolute Gasteiger partial charge is 0.303 e. The van der Waals surface area contributed by atoms with E-state index < -0.39 is 5.97 Å². The molecule has 1 aliphatic carbocycles. The Labute approximate surface area is 120 Å². The van der Waals surface area contributed by atoms with Crippen molar-refractivity contribution in [2.24, 2.45) is 5.41 Å². The number of likely N-dealkylation sites (N-methyl/N-ethyl adjacent to an activating group) is 1. The number of carbonyl (C=O) groups is 2. The van der Waals surface area contributed by atoms with Crippen LogP contribution in [0.1, 0.15) is 51.4 Å². The molecule has 114 valence electrons. The fraction of sp³-hybridized carbons (Fsp3) is 0.867. The van der Waals surface area contributed by atoms with Crippen molar-refractivity contribution in [2.45, 2.75) is 57.4 Å². The third-order valence-corrected chi connectivity index (χ3v) is 4.73. The third-order valence-electron chi connectivity index (χ3n) is 4.73. The van der Waals surface area contributed by atoms with Gasteiger partial charge in [-0.2, -0.15) is 0 Å². The second kappa shape index (κ2) is 6.57. The highest BCUT2D eigenvalue weighted by Crippen LogP contribution is 2.42. The number of nitrogens with one attached hydrogen (secondary N) is 1. The van der Waals surface area contributed by atoms with Gasteiger partial charge in [-0.15, -0.1) is 0 Å². The summed E-state index contributed by atoms with van der Waals surface area (Å²) in [7, 11) is 2.05. The molecule has 1 saturated carbocycles. The first-order valence-corrected chi connectivity index (χ1v) is 7.69. The first-order chi connectivity index (χ1) is 9.49. The molecule has 0 aromatic heterocycles. The molecule has 1 atom stereocenters. The van der Waals surface area contributed by atoms with Crippen LogP contribution in [0.15, 0.2) is 0 Å². The fourth-order valence-corrected chi connectivity index (χ4v) is 3.71. The predicted octanol–water partition coefficient (Wildman–Crippen LogP) is 1.62. The molecular formula is C15H26N2O3. The first-order valence-electron chi connectivity index (χ1n) is 7.69. The number of carboxylic acids is 1. The quantitative estimate of drug-likeness (QED) is 0.804. The molecule has 1 unspecified atom stereocenters. The molecule has 5 nitrogen and oxygen atoms in total. The van der Waals surface area contributed by atoms with Crippen molar-refractivity contribution in [3.8, 4) is 0 Å². The summed E-state index contributed by atoms with van der Waals surface area (Å²) >= 11 is 0. The lowest BCUT2D eigenvalue weighted by Crippen LogP contribution is -2.40. The van der Waals surface area contributed by atoms with E-state index in [9.17, 15) is 9.59 Å². The molecule has 20 heavy (non-hydrogen) atoms. The number of aliphatic carboxylic acids is 1. The minimum atomic E-state index is -0.778. The summed E-state index contributed by atoms with van der Waals surface area (Å²) in [5, 5.41) is 12.2. The van der Waals surface area contributed by atoms with E-state index in [2.05, 4.69) is 17.3 Å². The van der Waals surface area contributed by atoms with Crippen LogP contribution in [-0.4, -0.2) is 48.1 Å². The maximum atomic E-state index is 12.2. The number of nitrogens with zero attached hydrogens (tertiary/aromatic N) is 1. The van der Waals surface area contributed by atoms with E-state index in [-0.39, 0.29) is 23.8 Å². The Kier molecular flexibility index (Phi) is 5.02. The molecule has 0 radical (unpaired) electrons. The van der Waals surface area contributed by atoms with E-state index in [1.807, 2.05) is 0 Å². The number of rotatable bonds is 5. The van der Waals surface area contributed by atoms with Crippen LogP contribution in [0.5, 0.6) is 0 Å². The highest BCUT2D eigenvalue weighted by Gasteiger charge is 2.37. The summed E-state index contributed by atoms with van der Waals surface area (Å²) in [5.74, 6) is -0.742. The molecule has 0 bridgehead atoms. The number of carbonyl (C=O) groups excluding carboxylic acids is 1. The Morgan fingerprint density at radius 2 is 1.95 bits per heavy atom. The Morgan fingerprint density at radius 3 is 2.50 bits per heavy atom. The van der Waals surface area contributed by atoms with Crippen LogP contribution in [0.25, 0.3) is 0 Å². The molecule has 0 aromatic carbocycles. The molecule has 0 aromatic rings. The number of hydrogen-bond acceptors (Lipinski definition) is 3. The fourth-order valence-electron chi connectivity index (χ4n) is 3.71. The maximum absolute atomic E-state index is 12.2. The van der Waals surface area contributed by atoms with Gasteiger partial charge in [-0.1, -0.05) is 19.3 Å². The molecule has 0 spiro atoms. The molecule has 1 heterocycles. The second-order valence-corrected chi connectivity index (χ2v) is 6.62. The molecule has 1 amide bonds. The normalized spacial score (nSPS) is 26.4.